The Morgan fingerprint density at radius 2 is 1.60 bits per heavy atom. The molecule has 0 aliphatic carbocycles. The number of aromatic nitrogens is 5. The van der Waals surface area contributed by atoms with Crippen LogP contribution in [0.25, 0.3) is 11.4 Å². The molecule has 0 saturated heterocycles. The molecule has 0 amide bonds. The average molecular weight is 410 g/mol. The van der Waals surface area contributed by atoms with E-state index < -0.39 is 11.9 Å². The third kappa shape index (κ3) is 4.80. The molecule has 0 bridgehead atoms. The van der Waals surface area contributed by atoms with Crippen molar-refractivity contribution in [1.29, 1.82) is 0 Å². The smallest absolute Gasteiger partial charge is 0.366 e. The maximum atomic E-state index is 13.3. The Kier molecular flexibility index (Phi) is 5.42. The summed E-state index contributed by atoms with van der Waals surface area (Å²) in [5.74, 6) is 0.0945. The highest BCUT2D eigenvalue weighted by molar-refractivity contribution is 5.57. The first-order chi connectivity index (χ1) is 14.5. The highest BCUT2D eigenvalue weighted by atomic mass is 19.4. The molecule has 0 atom stereocenters. The highest BCUT2D eigenvalue weighted by Crippen LogP contribution is 2.30. The van der Waals surface area contributed by atoms with E-state index in [0.717, 1.165) is 17.2 Å². The maximum absolute atomic E-state index is 13.3. The molecule has 0 aliphatic heterocycles. The van der Waals surface area contributed by atoms with Crippen molar-refractivity contribution >= 4 is 5.82 Å². The van der Waals surface area contributed by atoms with E-state index in [2.05, 4.69) is 25.3 Å². The van der Waals surface area contributed by atoms with E-state index in [1.54, 1.807) is 24.7 Å². The van der Waals surface area contributed by atoms with E-state index in [1.165, 1.54) is 12.4 Å². The summed E-state index contributed by atoms with van der Waals surface area (Å²) in [4.78, 5) is 15.8. The Labute approximate surface area is 170 Å². The predicted octanol–water partition coefficient (Wildman–Crippen LogP) is 4.41. The Bertz CT molecular complexity index is 1090. The van der Waals surface area contributed by atoms with Gasteiger partial charge in [-0.05, 0) is 23.3 Å². The molecule has 1 N–H and O–H groups in total. The molecule has 0 radical (unpaired) electrons. The zero-order valence-corrected chi connectivity index (χ0v) is 15.7. The van der Waals surface area contributed by atoms with Crippen molar-refractivity contribution in [3.8, 4) is 11.4 Å². The third-order valence-electron chi connectivity index (χ3n) is 4.38. The van der Waals surface area contributed by atoms with Crippen molar-refractivity contribution < 1.29 is 13.2 Å². The van der Waals surface area contributed by atoms with Crippen molar-refractivity contribution in [2.45, 2.75) is 19.3 Å². The molecule has 3 aromatic heterocycles. The highest BCUT2D eigenvalue weighted by Gasteiger charge is 2.33. The largest absolute Gasteiger partial charge is 0.433 e. The van der Waals surface area contributed by atoms with Crippen LogP contribution in [0.4, 0.5) is 19.0 Å². The fourth-order valence-corrected chi connectivity index (χ4v) is 2.86. The molecule has 0 saturated carbocycles. The summed E-state index contributed by atoms with van der Waals surface area (Å²) in [7, 11) is 0. The second-order valence-corrected chi connectivity index (χ2v) is 6.60. The second kappa shape index (κ2) is 8.32. The van der Waals surface area contributed by atoms with Gasteiger partial charge in [0.1, 0.15) is 5.82 Å². The molecule has 152 valence electrons. The number of alkyl halides is 3. The predicted molar refractivity (Wildman–Crippen MR) is 105 cm³/mol. The lowest BCUT2D eigenvalue weighted by Gasteiger charge is -2.12. The van der Waals surface area contributed by atoms with Crippen LogP contribution < -0.4 is 5.32 Å². The molecule has 1 aromatic carbocycles. The Morgan fingerprint density at radius 1 is 0.867 bits per heavy atom. The number of pyridine rings is 1. The van der Waals surface area contributed by atoms with Crippen molar-refractivity contribution in [1.82, 2.24) is 24.5 Å². The summed E-state index contributed by atoms with van der Waals surface area (Å²) < 4.78 is 41.8. The lowest BCUT2D eigenvalue weighted by atomic mass is 10.1. The van der Waals surface area contributed by atoms with Crippen LogP contribution in [0.3, 0.4) is 0 Å². The zero-order chi connectivity index (χ0) is 21.0. The Morgan fingerprint density at radius 3 is 2.27 bits per heavy atom. The van der Waals surface area contributed by atoms with Crippen LogP contribution in [-0.4, -0.2) is 24.5 Å². The molecular weight excluding hydrogens is 393 g/mol. The molecule has 30 heavy (non-hydrogen) atoms. The minimum absolute atomic E-state index is 0.00888. The summed E-state index contributed by atoms with van der Waals surface area (Å²) in [6.07, 6.45) is 3.73. The molecule has 3 heterocycles. The number of imidazole rings is 1. The van der Waals surface area contributed by atoms with Crippen LogP contribution >= 0.6 is 0 Å². The van der Waals surface area contributed by atoms with E-state index in [1.807, 2.05) is 35.0 Å². The Hall–Kier alpha value is -3.75. The van der Waals surface area contributed by atoms with Gasteiger partial charge in [-0.15, -0.1) is 0 Å². The van der Waals surface area contributed by atoms with Gasteiger partial charge in [-0.3, -0.25) is 4.98 Å². The van der Waals surface area contributed by atoms with Gasteiger partial charge in [0, 0.05) is 49.5 Å². The van der Waals surface area contributed by atoms with Crippen molar-refractivity contribution in [3.63, 3.8) is 0 Å². The average Bonchev–Trinajstić information content (AvgIpc) is 3.26. The summed E-state index contributed by atoms with van der Waals surface area (Å²) in [6, 6.07) is 11.8. The van der Waals surface area contributed by atoms with Crippen LogP contribution in [0.2, 0.25) is 0 Å². The quantitative estimate of drug-likeness (QED) is 0.510. The van der Waals surface area contributed by atoms with Crippen LogP contribution in [0.15, 0.2) is 73.6 Å². The molecule has 4 rings (SSSR count). The molecule has 0 fully saturated rings. The number of nitrogens with zero attached hydrogens (tertiary/aromatic N) is 5. The molecular formula is C21H17F3N6. The number of benzene rings is 1. The topological polar surface area (TPSA) is 68.5 Å². The summed E-state index contributed by atoms with van der Waals surface area (Å²) in [6.45, 7) is 1.03. The van der Waals surface area contributed by atoms with Crippen LogP contribution in [-0.2, 0) is 19.3 Å². The van der Waals surface area contributed by atoms with Gasteiger partial charge >= 0.3 is 6.18 Å². The van der Waals surface area contributed by atoms with Crippen molar-refractivity contribution in [2.24, 2.45) is 0 Å². The number of anilines is 1. The molecule has 6 nitrogen and oxygen atoms in total. The summed E-state index contributed by atoms with van der Waals surface area (Å²) >= 11 is 0. The van der Waals surface area contributed by atoms with E-state index in [9.17, 15) is 13.2 Å². The second-order valence-electron chi connectivity index (χ2n) is 6.60. The van der Waals surface area contributed by atoms with Gasteiger partial charge in [0.05, 0.1) is 6.33 Å². The van der Waals surface area contributed by atoms with Gasteiger partial charge in [-0.2, -0.15) is 13.2 Å². The van der Waals surface area contributed by atoms with Crippen LogP contribution in [0.5, 0.6) is 0 Å². The maximum Gasteiger partial charge on any atom is 0.433 e. The lowest BCUT2D eigenvalue weighted by molar-refractivity contribution is -0.141. The first-order valence-corrected chi connectivity index (χ1v) is 9.11. The Balaban J connectivity index is 1.51. The van der Waals surface area contributed by atoms with Crippen LogP contribution in [0.1, 0.15) is 16.8 Å². The van der Waals surface area contributed by atoms with E-state index in [-0.39, 0.29) is 11.6 Å². The lowest BCUT2D eigenvalue weighted by Crippen LogP contribution is -2.12. The van der Waals surface area contributed by atoms with Crippen molar-refractivity contribution in [2.75, 3.05) is 5.32 Å². The van der Waals surface area contributed by atoms with Gasteiger partial charge in [0.25, 0.3) is 0 Å². The first-order valence-electron chi connectivity index (χ1n) is 9.11. The molecule has 0 spiro atoms. The monoisotopic (exact) mass is 410 g/mol. The van der Waals surface area contributed by atoms with E-state index in [0.29, 0.717) is 18.7 Å². The molecule has 4 aromatic rings. The van der Waals surface area contributed by atoms with E-state index in [4.69, 9.17) is 0 Å². The van der Waals surface area contributed by atoms with Crippen LogP contribution in [0, 0.1) is 0 Å². The molecule has 9 heteroatoms. The molecule has 0 unspecified atom stereocenters. The van der Waals surface area contributed by atoms with Gasteiger partial charge in [-0.1, -0.05) is 24.3 Å². The first kappa shape index (κ1) is 19.6. The number of rotatable bonds is 6. The zero-order valence-electron chi connectivity index (χ0n) is 15.7. The van der Waals surface area contributed by atoms with E-state index >= 15 is 0 Å². The van der Waals surface area contributed by atoms with Gasteiger partial charge in [0.15, 0.2) is 11.5 Å². The number of hydrogen-bond acceptors (Lipinski definition) is 5. The molecule has 0 aliphatic rings. The number of nitrogens with one attached hydrogen (secondary N) is 1. The number of hydrogen-bond donors (Lipinski definition) is 1. The summed E-state index contributed by atoms with van der Waals surface area (Å²) in [5, 5.41) is 2.97. The number of halogens is 3. The summed E-state index contributed by atoms with van der Waals surface area (Å²) in [5.41, 5.74) is 1.48. The fourth-order valence-electron chi connectivity index (χ4n) is 2.86. The van der Waals surface area contributed by atoms with Crippen molar-refractivity contribution in [3.05, 3.63) is 90.4 Å². The minimum atomic E-state index is -4.57. The van der Waals surface area contributed by atoms with Gasteiger partial charge in [-0.25, -0.2) is 15.0 Å². The normalized spacial score (nSPS) is 11.4. The third-order valence-corrected chi connectivity index (χ3v) is 4.38. The fraction of sp³-hybridized carbons (Fsp3) is 0.143. The van der Waals surface area contributed by atoms with Gasteiger partial charge < -0.3 is 9.88 Å². The standard InChI is InChI=1S/C21H17F3N6/c22-21(23,24)18-11-19(29-20(28-18)17-5-7-25-8-6-17)27-12-15-1-3-16(4-2-15)13-30-10-9-26-14-30/h1-11,14H,12-13H2,(H,27,28,29). The minimum Gasteiger partial charge on any atom is -0.366 e. The van der Waals surface area contributed by atoms with Gasteiger partial charge in [0.2, 0.25) is 0 Å². The SMILES string of the molecule is FC(F)(F)c1cc(NCc2ccc(Cn3ccnc3)cc2)nc(-c2ccncc2)n1.